The Hall–Kier alpha value is -1.82. The molecule has 0 aliphatic carbocycles. The third-order valence-corrected chi connectivity index (χ3v) is 3.52. The molecule has 0 aliphatic rings. The van der Waals surface area contributed by atoms with Gasteiger partial charge in [-0.15, -0.1) is 0 Å². The van der Waals surface area contributed by atoms with Crippen molar-refractivity contribution in [1.82, 2.24) is 10.6 Å². The molecule has 0 aromatic heterocycles. The van der Waals surface area contributed by atoms with Crippen LogP contribution in [0.5, 0.6) is 0 Å². The van der Waals surface area contributed by atoms with Gasteiger partial charge in [-0.2, -0.15) is 0 Å². The van der Waals surface area contributed by atoms with E-state index in [4.69, 9.17) is 16.7 Å². The van der Waals surface area contributed by atoms with Gasteiger partial charge in [0.05, 0.1) is 5.02 Å². The van der Waals surface area contributed by atoms with Crippen molar-refractivity contribution < 1.29 is 19.1 Å². The molecule has 0 spiro atoms. The molecule has 0 fully saturated rings. The van der Waals surface area contributed by atoms with Gasteiger partial charge in [-0.1, -0.05) is 37.6 Å². The van der Waals surface area contributed by atoms with E-state index in [1.165, 1.54) is 6.07 Å². The molecule has 122 valence electrons. The first-order chi connectivity index (χ1) is 10.2. The van der Waals surface area contributed by atoms with E-state index in [9.17, 15) is 14.0 Å². The second kappa shape index (κ2) is 7.98. The first kappa shape index (κ1) is 18.2. The molecule has 0 saturated heterocycles. The van der Waals surface area contributed by atoms with Crippen LogP contribution in [-0.2, 0) is 10.2 Å². The molecule has 1 aromatic carbocycles. The van der Waals surface area contributed by atoms with Gasteiger partial charge in [-0.25, -0.2) is 9.18 Å². The minimum atomic E-state index is -0.903. The van der Waals surface area contributed by atoms with Gasteiger partial charge in [0.2, 0.25) is 0 Å². The van der Waals surface area contributed by atoms with Gasteiger partial charge in [0.15, 0.2) is 0 Å². The third kappa shape index (κ3) is 5.52. The summed E-state index contributed by atoms with van der Waals surface area (Å²) < 4.78 is 14.0. The minimum Gasteiger partial charge on any atom is -0.481 e. The second-order valence-electron chi connectivity index (χ2n) is 5.59. The van der Waals surface area contributed by atoms with Gasteiger partial charge < -0.3 is 15.7 Å². The van der Waals surface area contributed by atoms with Crippen LogP contribution in [-0.4, -0.2) is 30.2 Å². The van der Waals surface area contributed by atoms with Crippen molar-refractivity contribution in [3.05, 3.63) is 34.6 Å². The van der Waals surface area contributed by atoms with Crippen LogP contribution in [0.1, 0.15) is 32.3 Å². The summed E-state index contributed by atoms with van der Waals surface area (Å²) in [6.07, 6.45) is 0.356. The number of carboxylic acids is 1. The normalized spacial score (nSPS) is 11.1. The highest BCUT2D eigenvalue weighted by Crippen LogP contribution is 2.28. The van der Waals surface area contributed by atoms with Crippen molar-refractivity contribution in [3.8, 4) is 0 Å². The number of benzene rings is 1. The van der Waals surface area contributed by atoms with Crippen molar-refractivity contribution in [1.29, 1.82) is 0 Å². The van der Waals surface area contributed by atoms with E-state index in [1.54, 1.807) is 26.0 Å². The molecular weight excluding hydrogens is 311 g/mol. The molecule has 0 saturated carbocycles. The highest BCUT2D eigenvalue weighted by atomic mass is 35.5. The molecule has 0 radical (unpaired) electrons. The first-order valence-electron chi connectivity index (χ1n) is 6.92. The number of rotatable bonds is 7. The molecule has 0 aliphatic heterocycles. The molecule has 5 nitrogen and oxygen atoms in total. The Labute approximate surface area is 133 Å². The monoisotopic (exact) mass is 330 g/mol. The van der Waals surface area contributed by atoms with Crippen LogP contribution in [0.4, 0.5) is 9.18 Å². The SMILES string of the molecule is CC(C)(CNC(=O)NCCCC(=O)O)c1cccc(Cl)c1F. The largest absolute Gasteiger partial charge is 0.481 e. The quantitative estimate of drug-likeness (QED) is 0.673. The number of amides is 2. The Morgan fingerprint density at radius 2 is 2.00 bits per heavy atom. The summed E-state index contributed by atoms with van der Waals surface area (Å²) in [7, 11) is 0. The number of halogens is 2. The molecule has 3 N–H and O–H groups in total. The van der Waals surface area contributed by atoms with Crippen LogP contribution >= 0.6 is 11.6 Å². The van der Waals surface area contributed by atoms with E-state index >= 15 is 0 Å². The molecule has 22 heavy (non-hydrogen) atoms. The predicted octanol–water partition coefficient (Wildman–Crippen LogP) is 2.92. The fraction of sp³-hybridized carbons (Fsp3) is 0.467. The molecule has 0 atom stereocenters. The van der Waals surface area contributed by atoms with Crippen molar-refractivity contribution in [3.63, 3.8) is 0 Å². The summed E-state index contributed by atoms with van der Waals surface area (Å²) in [6, 6.07) is 4.35. The van der Waals surface area contributed by atoms with Gasteiger partial charge in [-0.05, 0) is 18.1 Å². The minimum absolute atomic E-state index is 0.000497. The van der Waals surface area contributed by atoms with Crippen LogP contribution in [0.3, 0.4) is 0 Å². The lowest BCUT2D eigenvalue weighted by Crippen LogP contribution is -2.42. The molecule has 0 heterocycles. The summed E-state index contributed by atoms with van der Waals surface area (Å²) in [5, 5.41) is 13.7. The fourth-order valence-electron chi connectivity index (χ4n) is 1.93. The molecule has 1 aromatic rings. The molecule has 0 unspecified atom stereocenters. The lowest BCUT2D eigenvalue weighted by molar-refractivity contribution is -0.137. The summed E-state index contributed by atoms with van der Waals surface area (Å²) >= 11 is 5.77. The maximum Gasteiger partial charge on any atom is 0.314 e. The highest BCUT2D eigenvalue weighted by molar-refractivity contribution is 6.30. The molecule has 1 rings (SSSR count). The first-order valence-corrected chi connectivity index (χ1v) is 7.30. The smallest absolute Gasteiger partial charge is 0.314 e. The van der Waals surface area contributed by atoms with Crippen LogP contribution in [0.2, 0.25) is 5.02 Å². The number of hydrogen-bond acceptors (Lipinski definition) is 2. The van der Waals surface area contributed by atoms with E-state index in [-0.39, 0.29) is 24.5 Å². The van der Waals surface area contributed by atoms with Crippen molar-refractivity contribution in [2.75, 3.05) is 13.1 Å². The van der Waals surface area contributed by atoms with E-state index < -0.39 is 23.2 Å². The van der Waals surface area contributed by atoms with Gasteiger partial charge in [0, 0.05) is 24.9 Å². The van der Waals surface area contributed by atoms with Gasteiger partial charge >= 0.3 is 12.0 Å². The van der Waals surface area contributed by atoms with Crippen LogP contribution < -0.4 is 10.6 Å². The van der Waals surface area contributed by atoms with Crippen LogP contribution in [0, 0.1) is 5.82 Å². The van der Waals surface area contributed by atoms with E-state index in [2.05, 4.69) is 10.6 Å². The van der Waals surface area contributed by atoms with Crippen molar-refractivity contribution >= 4 is 23.6 Å². The molecular formula is C15H20ClFN2O3. The average molecular weight is 331 g/mol. The number of urea groups is 1. The van der Waals surface area contributed by atoms with Crippen molar-refractivity contribution in [2.24, 2.45) is 0 Å². The number of carbonyl (C=O) groups excluding carboxylic acids is 1. The van der Waals surface area contributed by atoms with E-state index in [1.807, 2.05) is 0 Å². The van der Waals surface area contributed by atoms with Crippen molar-refractivity contribution in [2.45, 2.75) is 32.1 Å². The number of carboxylic acid groups (broad SMARTS) is 1. The zero-order valence-corrected chi connectivity index (χ0v) is 13.3. The Bertz CT molecular complexity index is 550. The Morgan fingerprint density at radius 1 is 1.32 bits per heavy atom. The van der Waals surface area contributed by atoms with Gasteiger partial charge in [-0.3, -0.25) is 4.79 Å². The zero-order chi connectivity index (χ0) is 16.8. The second-order valence-corrected chi connectivity index (χ2v) is 6.00. The Kier molecular flexibility index (Phi) is 6.61. The zero-order valence-electron chi connectivity index (χ0n) is 12.6. The fourth-order valence-corrected chi connectivity index (χ4v) is 2.10. The molecule has 0 bridgehead atoms. The summed E-state index contributed by atoms with van der Waals surface area (Å²) in [4.78, 5) is 22.0. The predicted molar refractivity (Wildman–Crippen MR) is 82.7 cm³/mol. The average Bonchev–Trinajstić information content (AvgIpc) is 2.44. The van der Waals surface area contributed by atoms with Crippen LogP contribution in [0.15, 0.2) is 18.2 Å². The standard InChI is InChI=1S/C15H20ClFN2O3/c1-15(2,10-5-3-6-11(16)13(10)17)9-19-14(22)18-8-4-7-12(20)21/h3,5-6H,4,7-9H2,1-2H3,(H,20,21)(H2,18,19,22). The maximum atomic E-state index is 14.0. The van der Waals surface area contributed by atoms with E-state index in [0.717, 1.165) is 0 Å². The van der Waals surface area contributed by atoms with E-state index in [0.29, 0.717) is 12.0 Å². The number of aliphatic carboxylic acids is 1. The van der Waals surface area contributed by atoms with Gasteiger partial charge in [0.25, 0.3) is 0 Å². The number of nitrogens with one attached hydrogen (secondary N) is 2. The lowest BCUT2D eigenvalue weighted by atomic mass is 9.84. The molecule has 7 heteroatoms. The topological polar surface area (TPSA) is 78.4 Å². The third-order valence-electron chi connectivity index (χ3n) is 3.22. The number of hydrogen-bond donors (Lipinski definition) is 3. The highest BCUT2D eigenvalue weighted by Gasteiger charge is 2.25. The lowest BCUT2D eigenvalue weighted by Gasteiger charge is -2.26. The van der Waals surface area contributed by atoms with Gasteiger partial charge in [0.1, 0.15) is 5.82 Å². The molecule has 2 amide bonds. The number of carbonyl (C=O) groups is 2. The summed E-state index contributed by atoms with van der Waals surface area (Å²) in [5.41, 5.74) is -0.209. The maximum absolute atomic E-state index is 14.0. The summed E-state index contributed by atoms with van der Waals surface area (Å²) in [5.74, 6) is -1.39. The Morgan fingerprint density at radius 3 is 2.64 bits per heavy atom. The van der Waals surface area contributed by atoms with Crippen LogP contribution in [0.25, 0.3) is 0 Å². The Balaban J connectivity index is 2.50. The summed E-state index contributed by atoms with van der Waals surface area (Å²) in [6.45, 7) is 4.08.